The normalized spacial score (nSPS) is 9.47. The highest BCUT2D eigenvalue weighted by atomic mass is 19.1. The first kappa shape index (κ1) is 12.7. The minimum Gasteiger partial charge on any atom is -0.478 e. The summed E-state index contributed by atoms with van der Waals surface area (Å²) in [6.45, 7) is 3.66. The Balaban J connectivity index is 2.86. The first-order valence-corrected chi connectivity index (χ1v) is 4.73. The third kappa shape index (κ3) is 3.60. The molecule has 0 aliphatic heterocycles. The number of urea groups is 1. The summed E-state index contributed by atoms with van der Waals surface area (Å²) in [5, 5.41) is 13.5. The standard InChI is InChI=1S/C11H11FN2O3/c1-2-5-13-11(17)14-9-4-3-7(12)6-8(9)10(15)16/h2-4,6H,1,5H2,(H,15,16)(H2,13,14,17). The Labute approximate surface area is 96.9 Å². The summed E-state index contributed by atoms with van der Waals surface area (Å²) in [5.74, 6) is -2.00. The largest absolute Gasteiger partial charge is 0.478 e. The van der Waals surface area contributed by atoms with Crippen molar-refractivity contribution in [2.45, 2.75) is 0 Å². The molecule has 0 radical (unpaired) electrons. The zero-order valence-electron chi connectivity index (χ0n) is 8.87. The van der Waals surface area contributed by atoms with Crippen LogP contribution in [0, 0.1) is 5.82 Å². The number of aromatic carboxylic acids is 1. The average Bonchev–Trinajstić information content (AvgIpc) is 2.28. The van der Waals surface area contributed by atoms with Gasteiger partial charge in [-0.05, 0) is 18.2 Å². The maximum absolute atomic E-state index is 12.8. The fourth-order valence-electron chi connectivity index (χ4n) is 1.13. The van der Waals surface area contributed by atoms with Crippen molar-refractivity contribution < 1.29 is 19.1 Å². The zero-order valence-corrected chi connectivity index (χ0v) is 8.87. The van der Waals surface area contributed by atoms with Crippen LogP contribution in [0.25, 0.3) is 0 Å². The van der Waals surface area contributed by atoms with Crippen molar-refractivity contribution in [3.63, 3.8) is 0 Å². The van der Waals surface area contributed by atoms with E-state index in [4.69, 9.17) is 5.11 Å². The molecule has 0 atom stereocenters. The Morgan fingerprint density at radius 3 is 2.76 bits per heavy atom. The lowest BCUT2D eigenvalue weighted by Gasteiger charge is -2.08. The number of carbonyl (C=O) groups is 2. The predicted octanol–water partition coefficient (Wildman–Crippen LogP) is 1.83. The van der Waals surface area contributed by atoms with Crippen LogP contribution in [-0.4, -0.2) is 23.7 Å². The van der Waals surface area contributed by atoms with Crippen molar-refractivity contribution in [2.75, 3.05) is 11.9 Å². The maximum Gasteiger partial charge on any atom is 0.337 e. The third-order valence-corrected chi connectivity index (χ3v) is 1.87. The number of anilines is 1. The van der Waals surface area contributed by atoms with Crippen LogP contribution in [0.1, 0.15) is 10.4 Å². The van der Waals surface area contributed by atoms with E-state index in [1.54, 1.807) is 0 Å². The maximum atomic E-state index is 12.8. The van der Waals surface area contributed by atoms with Crippen LogP contribution in [0.4, 0.5) is 14.9 Å². The molecule has 2 amide bonds. The van der Waals surface area contributed by atoms with Gasteiger partial charge in [0.05, 0.1) is 11.3 Å². The van der Waals surface area contributed by atoms with Gasteiger partial charge in [-0.15, -0.1) is 6.58 Å². The van der Waals surface area contributed by atoms with E-state index in [2.05, 4.69) is 17.2 Å². The minimum atomic E-state index is -1.32. The van der Waals surface area contributed by atoms with Gasteiger partial charge >= 0.3 is 12.0 Å². The van der Waals surface area contributed by atoms with Gasteiger partial charge in [-0.2, -0.15) is 0 Å². The summed E-state index contributed by atoms with van der Waals surface area (Å²) in [5.41, 5.74) is -0.279. The number of hydrogen-bond acceptors (Lipinski definition) is 2. The fourth-order valence-corrected chi connectivity index (χ4v) is 1.13. The molecule has 0 aliphatic carbocycles. The van der Waals surface area contributed by atoms with Gasteiger partial charge in [-0.25, -0.2) is 14.0 Å². The summed E-state index contributed by atoms with van der Waals surface area (Å²) in [4.78, 5) is 22.1. The van der Waals surface area contributed by atoms with E-state index in [0.717, 1.165) is 12.1 Å². The highest BCUT2D eigenvalue weighted by Crippen LogP contribution is 2.16. The quantitative estimate of drug-likeness (QED) is 0.700. The highest BCUT2D eigenvalue weighted by Gasteiger charge is 2.12. The smallest absolute Gasteiger partial charge is 0.337 e. The van der Waals surface area contributed by atoms with E-state index in [-0.39, 0.29) is 17.8 Å². The van der Waals surface area contributed by atoms with Crippen molar-refractivity contribution in [1.82, 2.24) is 5.32 Å². The van der Waals surface area contributed by atoms with E-state index >= 15 is 0 Å². The van der Waals surface area contributed by atoms with Crippen LogP contribution in [0.15, 0.2) is 30.9 Å². The molecule has 0 aliphatic rings. The van der Waals surface area contributed by atoms with Crippen LogP contribution in [0.3, 0.4) is 0 Å². The van der Waals surface area contributed by atoms with Gasteiger partial charge in [0, 0.05) is 6.54 Å². The molecule has 17 heavy (non-hydrogen) atoms. The summed E-state index contributed by atoms with van der Waals surface area (Å²) in [6.07, 6.45) is 1.47. The number of carboxylic acids is 1. The predicted molar refractivity (Wildman–Crippen MR) is 60.6 cm³/mol. The Morgan fingerprint density at radius 1 is 1.47 bits per heavy atom. The van der Waals surface area contributed by atoms with Crippen molar-refractivity contribution in [2.24, 2.45) is 0 Å². The molecule has 1 aromatic rings. The number of nitrogens with one attached hydrogen (secondary N) is 2. The Bertz CT molecular complexity index is 460. The van der Waals surface area contributed by atoms with Crippen LogP contribution < -0.4 is 10.6 Å². The molecule has 0 saturated heterocycles. The monoisotopic (exact) mass is 238 g/mol. The van der Waals surface area contributed by atoms with E-state index < -0.39 is 17.8 Å². The second-order valence-corrected chi connectivity index (χ2v) is 3.12. The van der Waals surface area contributed by atoms with Gasteiger partial charge in [-0.3, -0.25) is 0 Å². The van der Waals surface area contributed by atoms with Gasteiger partial charge in [0.15, 0.2) is 0 Å². The average molecular weight is 238 g/mol. The molecule has 0 saturated carbocycles. The van der Waals surface area contributed by atoms with Crippen LogP contribution in [0.5, 0.6) is 0 Å². The van der Waals surface area contributed by atoms with Gasteiger partial charge < -0.3 is 15.7 Å². The fraction of sp³-hybridized carbons (Fsp3) is 0.0909. The van der Waals surface area contributed by atoms with E-state index in [1.165, 1.54) is 12.1 Å². The number of benzene rings is 1. The molecule has 0 unspecified atom stereocenters. The lowest BCUT2D eigenvalue weighted by atomic mass is 10.2. The molecule has 0 spiro atoms. The number of hydrogen-bond donors (Lipinski definition) is 3. The zero-order chi connectivity index (χ0) is 12.8. The second kappa shape index (κ2) is 5.64. The van der Waals surface area contributed by atoms with Crippen LogP contribution in [-0.2, 0) is 0 Å². The first-order chi connectivity index (χ1) is 8.04. The van der Waals surface area contributed by atoms with Crippen molar-refractivity contribution in [3.05, 3.63) is 42.2 Å². The van der Waals surface area contributed by atoms with Gasteiger partial charge in [-0.1, -0.05) is 6.08 Å². The SMILES string of the molecule is C=CCNC(=O)Nc1ccc(F)cc1C(=O)O. The first-order valence-electron chi connectivity index (χ1n) is 4.73. The molecule has 1 aromatic carbocycles. The van der Waals surface area contributed by atoms with E-state index in [9.17, 15) is 14.0 Å². The number of halogens is 1. The summed E-state index contributed by atoms with van der Waals surface area (Å²) < 4.78 is 12.8. The lowest BCUT2D eigenvalue weighted by Crippen LogP contribution is -2.29. The Kier molecular flexibility index (Phi) is 4.21. The molecule has 0 heterocycles. The van der Waals surface area contributed by atoms with Crippen LogP contribution in [0.2, 0.25) is 0 Å². The number of amides is 2. The lowest BCUT2D eigenvalue weighted by molar-refractivity contribution is 0.0697. The van der Waals surface area contributed by atoms with E-state index in [1.807, 2.05) is 0 Å². The van der Waals surface area contributed by atoms with Gasteiger partial charge in [0.25, 0.3) is 0 Å². The molecule has 5 nitrogen and oxygen atoms in total. The van der Waals surface area contributed by atoms with Gasteiger partial charge in [0.1, 0.15) is 5.82 Å². The van der Waals surface area contributed by atoms with Crippen LogP contribution >= 0.6 is 0 Å². The molecular formula is C11H11FN2O3. The highest BCUT2D eigenvalue weighted by molar-refractivity contribution is 5.99. The number of carboxylic acid groups (broad SMARTS) is 1. The van der Waals surface area contributed by atoms with Crippen molar-refractivity contribution in [3.8, 4) is 0 Å². The van der Waals surface area contributed by atoms with Crippen molar-refractivity contribution >= 4 is 17.7 Å². The van der Waals surface area contributed by atoms with E-state index in [0.29, 0.717) is 0 Å². The molecule has 0 fully saturated rings. The molecule has 0 bridgehead atoms. The molecule has 1 rings (SSSR count). The molecule has 3 N–H and O–H groups in total. The Hall–Kier alpha value is -2.37. The summed E-state index contributed by atoms with van der Waals surface area (Å²) >= 11 is 0. The summed E-state index contributed by atoms with van der Waals surface area (Å²) in [6, 6.07) is 2.51. The number of carbonyl (C=O) groups excluding carboxylic acids is 1. The third-order valence-electron chi connectivity index (χ3n) is 1.87. The second-order valence-electron chi connectivity index (χ2n) is 3.12. The van der Waals surface area contributed by atoms with Gasteiger partial charge in [0.2, 0.25) is 0 Å². The molecule has 90 valence electrons. The minimum absolute atomic E-state index is 0.0282. The summed E-state index contributed by atoms with van der Waals surface area (Å²) in [7, 11) is 0. The molecular weight excluding hydrogens is 227 g/mol. The number of rotatable bonds is 4. The van der Waals surface area contributed by atoms with Crippen molar-refractivity contribution in [1.29, 1.82) is 0 Å². The Morgan fingerprint density at radius 2 is 2.18 bits per heavy atom. The topological polar surface area (TPSA) is 78.4 Å². The molecule has 6 heteroatoms. The molecule has 0 aromatic heterocycles.